The van der Waals surface area contributed by atoms with Gasteiger partial charge in [0.05, 0.1) is 39.1 Å². The summed E-state index contributed by atoms with van der Waals surface area (Å²) in [7, 11) is 0. The van der Waals surface area contributed by atoms with Crippen LogP contribution in [0.15, 0.2) is 89.9 Å². The Labute approximate surface area is 211 Å². The number of aromatic nitrogens is 3. The van der Waals surface area contributed by atoms with Crippen LogP contribution < -0.4 is 16.2 Å². The third-order valence-corrected chi connectivity index (χ3v) is 6.08. The molecule has 5 rings (SSSR count). The van der Waals surface area contributed by atoms with Gasteiger partial charge in [-0.1, -0.05) is 60.1 Å². The number of hydrogen-bond donors (Lipinski definition) is 5. The highest BCUT2D eigenvalue weighted by atomic mass is 35.5. The van der Waals surface area contributed by atoms with E-state index >= 15 is 0 Å². The molecule has 2 aromatic heterocycles. The van der Waals surface area contributed by atoms with Crippen LogP contribution in [0.3, 0.4) is 0 Å². The molecular formula is C27H22ClN5O3. The zero-order chi connectivity index (χ0) is 25.1. The van der Waals surface area contributed by atoms with E-state index in [-0.39, 0.29) is 23.6 Å². The number of anilines is 2. The number of aromatic amines is 2. The molecule has 0 bridgehead atoms. The van der Waals surface area contributed by atoms with Gasteiger partial charge in [0.15, 0.2) is 0 Å². The number of fused-ring (bicyclic) bond motifs is 1. The lowest BCUT2D eigenvalue weighted by Gasteiger charge is -2.14. The molecule has 0 aliphatic heterocycles. The van der Waals surface area contributed by atoms with Crippen LogP contribution in [0.4, 0.5) is 11.4 Å². The summed E-state index contributed by atoms with van der Waals surface area (Å²) in [4.78, 5) is 36.1. The molecule has 0 spiro atoms. The molecule has 8 nitrogen and oxygen atoms in total. The van der Waals surface area contributed by atoms with E-state index in [2.05, 4.69) is 25.6 Å². The Morgan fingerprint density at radius 1 is 0.972 bits per heavy atom. The number of para-hydroxylation sites is 1. The highest BCUT2D eigenvalue weighted by Crippen LogP contribution is 2.29. The summed E-state index contributed by atoms with van der Waals surface area (Å²) < 4.78 is 0. The molecule has 0 radical (unpaired) electrons. The molecule has 0 aliphatic carbocycles. The summed E-state index contributed by atoms with van der Waals surface area (Å²) in [5, 5.41) is 16.9. The van der Waals surface area contributed by atoms with Gasteiger partial charge in [-0.05, 0) is 35.9 Å². The monoisotopic (exact) mass is 499 g/mol. The maximum absolute atomic E-state index is 12.8. The summed E-state index contributed by atoms with van der Waals surface area (Å²) >= 11 is 6.17. The van der Waals surface area contributed by atoms with Crippen molar-refractivity contribution in [3.05, 3.63) is 112 Å². The van der Waals surface area contributed by atoms with Crippen LogP contribution in [-0.4, -0.2) is 32.5 Å². The number of amides is 1. The Hall–Kier alpha value is -4.40. The minimum Gasteiger partial charge on any atom is -0.387 e. The first-order chi connectivity index (χ1) is 17.5. The van der Waals surface area contributed by atoms with Gasteiger partial charge in [0.2, 0.25) is 0 Å². The van der Waals surface area contributed by atoms with Gasteiger partial charge in [-0.3, -0.25) is 9.59 Å². The average Bonchev–Trinajstić information content (AvgIpc) is 3.33. The lowest BCUT2D eigenvalue weighted by Crippen LogP contribution is -2.17. The number of aliphatic hydroxyl groups is 1. The van der Waals surface area contributed by atoms with E-state index in [0.29, 0.717) is 38.8 Å². The van der Waals surface area contributed by atoms with Gasteiger partial charge in [0.25, 0.3) is 11.5 Å². The molecule has 0 saturated carbocycles. The van der Waals surface area contributed by atoms with Crippen LogP contribution in [0.2, 0.25) is 5.02 Å². The van der Waals surface area contributed by atoms with Gasteiger partial charge in [0, 0.05) is 12.7 Å². The maximum Gasteiger partial charge on any atom is 0.261 e. The van der Waals surface area contributed by atoms with Crippen LogP contribution in [0, 0.1) is 0 Å². The summed E-state index contributed by atoms with van der Waals surface area (Å²) in [5.41, 5.74) is 3.18. The summed E-state index contributed by atoms with van der Waals surface area (Å²) in [6.45, 7) is 0.194. The van der Waals surface area contributed by atoms with Gasteiger partial charge >= 0.3 is 0 Å². The van der Waals surface area contributed by atoms with Crippen molar-refractivity contribution in [3.8, 4) is 11.4 Å². The Morgan fingerprint density at radius 3 is 2.56 bits per heavy atom. The predicted octanol–water partition coefficient (Wildman–Crippen LogP) is 4.97. The summed E-state index contributed by atoms with van der Waals surface area (Å²) in [5.74, 6) is -0.0398. The second-order valence-electron chi connectivity index (χ2n) is 8.12. The quantitative estimate of drug-likeness (QED) is 0.216. The normalized spacial score (nSPS) is 11.8. The fraction of sp³-hybridized carbons (Fsp3) is 0.0741. The molecule has 1 atom stereocenters. The highest BCUT2D eigenvalue weighted by molar-refractivity contribution is 6.34. The first-order valence-corrected chi connectivity index (χ1v) is 11.6. The lowest BCUT2D eigenvalue weighted by atomic mass is 10.1. The molecule has 180 valence electrons. The zero-order valence-electron chi connectivity index (χ0n) is 19.0. The van der Waals surface area contributed by atoms with Gasteiger partial charge in [0.1, 0.15) is 11.4 Å². The van der Waals surface area contributed by atoms with Crippen molar-refractivity contribution in [2.24, 2.45) is 0 Å². The van der Waals surface area contributed by atoms with Crippen molar-refractivity contribution >= 4 is 39.9 Å². The number of pyridine rings is 1. The van der Waals surface area contributed by atoms with Crippen molar-refractivity contribution in [3.63, 3.8) is 0 Å². The number of carbonyl (C=O) groups is 1. The number of H-pyrrole nitrogens is 2. The van der Waals surface area contributed by atoms with E-state index in [4.69, 9.17) is 11.6 Å². The number of rotatable bonds is 7. The fourth-order valence-electron chi connectivity index (χ4n) is 3.95. The highest BCUT2D eigenvalue weighted by Gasteiger charge is 2.18. The number of benzene rings is 3. The molecule has 3 aromatic carbocycles. The SMILES string of the molecule is O=C(Nc1cccc2nc(-c3c(NC[C@@H](O)c4ccccc4)cc[nH]c3=O)[nH]c12)c1ccccc1Cl. The average molecular weight is 500 g/mol. The van der Waals surface area contributed by atoms with Gasteiger partial charge in [-0.2, -0.15) is 0 Å². The Kier molecular flexibility index (Phi) is 6.53. The summed E-state index contributed by atoms with van der Waals surface area (Å²) in [6.07, 6.45) is 0.765. The van der Waals surface area contributed by atoms with Crippen LogP contribution in [0.5, 0.6) is 0 Å². The molecule has 9 heteroatoms. The zero-order valence-corrected chi connectivity index (χ0v) is 19.7. The molecule has 36 heavy (non-hydrogen) atoms. The smallest absolute Gasteiger partial charge is 0.261 e. The van der Waals surface area contributed by atoms with E-state index < -0.39 is 6.10 Å². The number of carbonyl (C=O) groups excluding carboxylic acids is 1. The van der Waals surface area contributed by atoms with Crippen LogP contribution in [-0.2, 0) is 0 Å². The number of aliphatic hydroxyl groups excluding tert-OH is 1. The van der Waals surface area contributed by atoms with Gasteiger partial charge in [-0.15, -0.1) is 0 Å². The molecule has 5 aromatic rings. The number of nitrogens with zero attached hydrogens (tertiary/aromatic N) is 1. The molecule has 0 aliphatic rings. The molecule has 0 saturated heterocycles. The Balaban J connectivity index is 1.46. The van der Waals surface area contributed by atoms with Gasteiger partial charge in [-0.25, -0.2) is 4.98 Å². The van der Waals surface area contributed by atoms with E-state index in [1.807, 2.05) is 30.3 Å². The largest absolute Gasteiger partial charge is 0.387 e. The molecule has 0 unspecified atom stereocenters. The van der Waals surface area contributed by atoms with Crippen molar-refractivity contribution in [2.45, 2.75) is 6.10 Å². The molecule has 0 fully saturated rings. The number of hydrogen-bond acceptors (Lipinski definition) is 5. The first-order valence-electron chi connectivity index (χ1n) is 11.2. The third kappa shape index (κ3) is 4.72. The number of halogens is 1. The second-order valence-corrected chi connectivity index (χ2v) is 8.53. The molecule has 1 amide bonds. The topological polar surface area (TPSA) is 123 Å². The molecular weight excluding hydrogens is 478 g/mol. The van der Waals surface area contributed by atoms with E-state index in [0.717, 1.165) is 5.56 Å². The second kappa shape index (κ2) is 10.1. The maximum atomic E-state index is 12.8. The van der Waals surface area contributed by atoms with Crippen molar-refractivity contribution < 1.29 is 9.90 Å². The Bertz CT molecular complexity index is 1600. The van der Waals surface area contributed by atoms with Crippen LogP contribution in [0.25, 0.3) is 22.4 Å². The molecule has 5 N–H and O–H groups in total. The fourth-order valence-corrected chi connectivity index (χ4v) is 4.17. The third-order valence-electron chi connectivity index (χ3n) is 5.75. The lowest BCUT2D eigenvalue weighted by molar-refractivity contribution is 0.102. The minimum atomic E-state index is -0.763. The van der Waals surface area contributed by atoms with Crippen LogP contribution >= 0.6 is 11.6 Å². The van der Waals surface area contributed by atoms with Crippen molar-refractivity contribution in [1.29, 1.82) is 0 Å². The molecule has 2 heterocycles. The minimum absolute atomic E-state index is 0.194. The number of imidazole rings is 1. The van der Waals surface area contributed by atoms with Crippen molar-refractivity contribution in [2.75, 3.05) is 17.2 Å². The summed E-state index contributed by atoms with van der Waals surface area (Å²) in [6, 6.07) is 23.0. The Morgan fingerprint density at radius 2 is 1.75 bits per heavy atom. The van der Waals surface area contributed by atoms with Crippen LogP contribution in [0.1, 0.15) is 22.0 Å². The number of nitrogens with one attached hydrogen (secondary N) is 4. The predicted molar refractivity (Wildman–Crippen MR) is 141 cm³/mol. The first kappa shape index (κ1) is 23.3. The standard InChI is InChI=1S/C27H22ClN5O3/c28-18-10-5-4-9-17(18)26(35)32-21-12-6-11-20-24(21)33-25(31-20)23-19(13-14-29-27(23)36)30-15-22(34)16-7-2-1-3-8-16/h1-14,22,34H,15H2,(H,31,33)(H,32,35)(H2,29,30,36)/t22-/m1/s1. The van der Waals surface area contributed by atoms with E-state index in [9.17, 15) is 14.7 Å². The van der Waals surface area contributed by atoms with Crippen molar-refractivity contribution in [1.82, 2.24) is 15.0 Å². The van der Waals surface area contributed by atoms with Gasteiger partial charge < -0.3 is 25.7 Å². The van der Waals surface area contributed by atoms with E-state index in [1.54, 1.807) is 48.5 Å². The van der Waals surface area contributed by atoms with E-state index in [1.165, 1.54) is 6.20 Å².